The van der Waals surface area contributed by atoms with E-state index in [1.807, 2.05) is 55.2 Å². The summed E-state index contributed by atoms with van der Waals surface area (Å²) in [5.41, 5.74) is 2.18. The number of aromatic nitrogens is 2. The zero-order valence-corrected chi connectivity index (χ0v) is 13.8. The summed E-state index contributed by atoms with van der Waals surface area (Å²) in [4.78, 5) is 4.56. The van der Waals surface area contributed by atoms with Crippen molar-refractivity contribution in [3.63, 3.8) is 0 Å². The Morgan fingerprint density at radius 3 is 2.82 bits per heavy atom. The Kier molecular flexibility index (Phi) is 6.27. The van der Waals surface area contributed by atoms with E-state index in [-0.39, 0.29) is 0 Å². The van der Waals surface area contributed by atoms with Gasteiger partial charge in [-0.15, -0.1) is 0 Å². The second-order valence-electron chi connectivity index (χ2n) is 4.99. The molecule has 22 heavy (non-hydrogen) atoms. The number of hydrogen-bond acceptors (Lipinski definition) is 2. The van der Waals surface area contributed by atoms with E-state index in [2.05, 4.69) is 20.7 Å². The van der Waals surface area contributed by atoms with Gasteiger partial charge in [0.05, 0.1) is 19.3 Å². The van der Waals surface area contributed by atoms with E-state index in [1.54, 1.807) is 0 Å². The van der Waals surface area contributed by atoms with Crippen molar-refractivity contribution in [2.45, 2.75) is 26.9 Å². The van der Waals surface area contributed by atoms with Gasteiger partial charge < -0.3 is 10.6 Å². The Labute approximate surface area is 136 Å². The highest BCUT2D eigenvalue weighted by Crippen LogP contribution is 2.15. The molecule has 0 unspecified atom stereocenters. The lowest BCUT2D eigenvalue weighted by atomic mass is 10.2. The minimum atomic E-state index is 0.551. The van der Waals surface area contributed by atoms with Gasteiger partial charge in [-0.1, -0.05) is 29.8 Å². The molecule has 0 spiro atoms. The zero-order valence-electron chi connectivity index (χ0n) is 13.0. The number of guanidine groups is 1. The Morgan fingerprint density at radius 2 is 2.14 bits per heavy atom. The highest BCUT2D eigenvalue weighted by atomic mass is 35.5. The highest BCUT2D eigenvalue weighted by Gasteiger charge is 2.01. The average Bonchev–Trinajstić information content (AvgIpc) is 2.92. The third-order valence-electron chi connectivity index (χ3n) is 3.11. The molecule has 0 amide bonds. The molecule has 0 bridgehead atoms. The van der Waals surface area contributed by atoms with Crippen molar-refractivity contribution in [2.24, 2.45) is 4.99 Å². The van der Waals surface area contributed by atoms with Gasteiger partial charge in [0, 0.05) is 24.3 Å². The number of hydrogen-bond donors (Lipinski definition) is 2. The second kappa shape index (κ2) is 8.44. The van der Waals surface area contributed by atoms with Gasteiger partial charge in [-0.3, -0.25) is 4.68 Å². The lowest BCUT2D eigenvalue weighted by Crippen LogP contribution is -2.38. The lowest BCUT2D eigenvalue weighted by molar-refractivity contribution is 0.597. The number of nitrogens with one attached hydrogen (secondary N) is 2. The second-order valence-corrected chi connectivity index (χ2v) is 5.40. The van der Waals surface area contributed by atoms with Crippen molar-refractivity contribution < 1.29 is 0 Å². The van der Waals surface area contributed by atoms with Crippen molar-refractivity contribution in [1.82, 2.24) is 20.4 Å². The van der Waals surface area contributed by atoms with Crippen LogP contribution in [0.25, 0.3) is 0 Å². The summed E-state index contributed by atoms with van der Waals surface area (Å²) in [5, 5.41) is 11.5. The molecule has 0 atom stereocenters. The fraction of sp³-hybridized carbons (Fsp3) is 0.375. The molecule has 0 aliphatic rings. The Bertz CT molecular complexity index is 621. The lowest BCUT2D eigenvalue weighted by Gasteiger charge is -2.11. The van der Waals surface area contributed by atoms with E-state index in [0.717, 1.165) is 36.2 Å². The molecule has 118 valence electrons. The number of aryl methyl sites for hydroxylation is 1. The van der Waals surface area contributed by atoms with Crippen molar-refractivity contribution in [3.05, 3.63) is 52.8 Å². The molecule has 1 aromatic carbocycles. The fourth-order valence-electron chi connectivity index (χ4n) is 2.01. The van der Waals surface area contributed by atoms with Crippen molar-refractivity contribution in [1.29, 1.82) is 0 Å². The van der Waals surface area contributed by atoms with E-state index >= 15 is 0 Å². The quantitative estimate of drug-likeness (QED) is 0.635. The van der Waals surface area contributed by atoms with Crippen LogP contribution in [-0.4, -0.2) is 28.8 Å². The van der Waals surface area contributed by atoms with Crippen molar-refractivity contribution in [3.8, 4) is 0 Å². The van der Waals surface area contributed by atoms with Crippen LogP contribution in [0.2, 0.25) is 5.02 Å². The van der Waals surface area contributed by atoms with Gasteiger partial charge in [0.25, 0.3) is 0 Å². The molecule has 1 aromatic heterocycles. The maximum Gasteiger partial charge on any atom is 0.191 e. The molecule has 0 aliphatic heterocycles. The molecule has 0 saturated carbocycles. The topological polar surface area (TPSA) is 54.2 Å². The van der Waals surface area contributed by atoms with Crippen molar-refractivity contribution in [2.75, 3.05) is 13.1 Å². The Balaban J connectivity index is 1.88. The summed E-state index contributed by atoms with van der Waals surface area (Å²) < 4.78 is 1.92. The van der Waals surface area contributed by atoms with Gasteiger partial charge in [0.2, 0.25) is 0 Å². The third-order valence-corrected chi connectivity index (χ3v) is 3.47. The van der Waals surface area contributed by atoms with Gasteiger partial charge >= 0.3 is 0 Å². The standard InChI is InChI=1S/C16H22ClN5/c1-3-18-16(19-8-9-22-12-13(2)10-21-22)20-11-14-6-4-5-7-15(14)17/h4-7,10,12H,3,8-9,11H2,1-2H3,(H2,18,19,20). The van der Waals surface area contributed by atoms with E-state index < -0.39 is 0 Å². The van der Waals surface area contributed by atoms with E-state index in [0.29, 0.717) is 6.54 Å². The Hall–Kier alpha value is -2.01. The van der Waals surface area contributed by atoms with Gasteiger partial charge in [-0.2, -0.15) is 5.10 Å². The summed E-state index contributed by atoms with van der Waals surface area (Å²) in [6.07, 6.45) is 3.88. The largest absolute Gasteiger partial charge is 0.357 e. The number of nitrogens with zero attached hydrogens (tertiary/aromatic N) is 3. The SMILES string of the molecule is CCNC(=NCc1ccccc1Cl)NCCn1cc(C)cn1. The van der Waals surface area contributed by atoms with Crippen LogP contribution in [0.3, 0.4) is 0 Å². The van der Waals surface area contributed by atoms with Gasteiger partial charge in [0.15, 0.2) is 5.96 Å². The summed E-state index contributed by atoms with van der Waals surface area (Å²) in [5.74, 6) is 0.784. The van der Waals surface area contributed by atoms with Crippen LogP contribution in [0.5, 0.6) is 0 Å². The third kappa shape index (κ3) is 5.07. The van der Waals surface area contributed by atoms with E-state index in [4.69, 9.17) is 11.6 Å². The molecule has 0 fully saturated rings. The first-order valence-corrected chi connectivity index (χ1v) is 7.81. The first-order chi connectivity index (χ1) is 10.7. The van der Waals surface area contributed by atoms with E-state index in [9.17, 15) is 0 Å². The molecule has 5 nitrogen and oxygen atoms in total. The van der Waals surface area contributed by atoms with Crippen molar-refractivity contribution >= 4 is 17.6 Å². The van der Waals surface area contributed by atoms with Crippen LogP contribution >= 0.6 is 11.6 Å². The van der Waals surface area contributed by atoms with Crippen LogP contribution < -0.4 is 10.6 Å². The van der Waals surface area contributed by atoms with Crippen LogP contribution in [-0.2, 0) is 13.1 Å². The van der Waals surface area contributed by atoms with Gasteiger partial charge in [0.1, 0.15) is 0 Å². The molecular formula is C16H22ClN5. The van der Waals surface area contributed by atoms with Crippen LogP contribution in [0.1, 0.15) is 18.1 Å². The van der Waals surface area contributed by atoms with Crippen LogP contribution in [0, 0.1) is 6.92 Å². The molecule has 6 heteroatoms. The summed E-state index contributed by atoms with van der Waals surface area (Å²) in [6.45, 7) is 7.00. The molecule has 2 N–H and O–H groups in total. The summed E-state index contributed by atoms with van der Waals surface area (Å²) >= 11 is 6.15. The first kappa shape index (κ1) is 16.4. The summed E-state index contributed by atoms with van der Waals surface area (Å²) in [7, 11) is 0. The Morgan fingerprint density at radius 1 is 1.32 bits per heavy atom. The van der Waals surface area contributed by atoms with Gasteiger partial charge in [-0.05, 0) is 31.0 Å². The maximum atomic E-state index is 6.15. The highest BCUT2D eigenvalue weighted by molar-refractivity contribution is 6.31. The monoisotopic (exact) mass is 319 g/mol. The minimum absolute atomic E-state index is 0.551. The maximum absolute atomic E-state index is 6.15. The smallest absolute Gasteiger partial charge is 0.191 e. The molecule has 0 aliphatic carbocycles. The molecule has 2 rings (SSSR count). The predicted molar refractivity (Wildman–Crippen MR) is 91.2 cm³/mol. The molecule has 1 heterocycles. The number of benzene rings is 1. The van der Waals surface area contributed by atoms with E-state index in [1.165, 1.54) is 5.56 Å². The average molecular weight is 320 g/mol. The fourth-order valence-corrected chi connectivity index (χ4v) is 2.21. The molecule has 2 aromatic rings. The van der Waals surface area contributed by atoms with Crippen LogP contribution in [0.4, 0.5) is 0 Å². The predicted octanol–water partition coefficient (Wildman–Crippen LogP) is 2.60. The number of rotatable bonds is 6. The molecule has 0 radical (unpaired) electrons. The molecular weight excluding hydrogens is 298 g/mol. The number of aliphatic imine (C=N–C) groups is 1. The first-order valence-electron chi connectivity index (χ1n) is 7.43. The van der Waals surface area contributed by atoms with Gasteiger partial charge in [-0.25, -0.2) is 4.99 Å². The summed E-state index contributed by atoms with van der Waals surface area (Å²) in [6, 6.07) is 7.76. The zero-order chi connectivity index (χ0) is 15.8. The normalized spacial score (nSPS) is 11.5. The minimum Gasteiger partial charge on any atom is -0.357 e. The molecule has 0 saturated heterocycles. The van der Waals surface area contributed by atoms with Crippen LogP contribution in [0.15, 0.2) is 41.7 Å². The number of halogens is 1.